The summed E-state index contributed by atoms with van der Waals surface area (Å²) in [5.74, 6) is 0.351. The fourth-order valence-electron chi connectivity index (χ4n) is 2.49. The summed E-state index contributed by atoms with van der Waals surface area (Å²) < 4.78 is 35.9. The first-order valence-corrected chi connectivity index (χ1v) is 9.65. The van der Waals surface area contributed by atoms with Gasteiger partial charge < -0.3 is 10.6 Å². The summed E-state index contributed by atoms with van der Waals surface area (Å²) >= 11 is 0. The van der Waals surface area contributed by atoms with Crippen molar-refractivity contribution in [3.8, 4) is 0 Å². The maximum absolute atomic E-state index is 13.1. The predicted molar refractivity (Wildman–Crippen MR) is 116 cm³/mol. The number of hydrogen-bond acceptors (Lipinski definition) is 3. The van der Waals surface area contributed by atoms with Crippen LogP contribution < -0.4 is 15.8 Å². The Morgan fingerprint density at radius 3 is 2.56 bits per heavy atom. The zero-order valence-electron chi connectivity index (χ0n) is 15.2. The van der Waals surface area contributed by atoms with Crippen LogP contribution in [-0.2, 0) is 23.0 Å². The number of sulfonamides is 1. The quantitative estimate of drug-likeness (QED) is 0.318. The molecule has 0 saturated carbocycles. The molecule has 0 atom stereocenters. The first-order chi connectivity index (χ1) is 12.3. The normalized spacial score (nSPS) is 11.6. The average molecular weight is 506 g/mol. The highest BCUT2D eigenvalue weighted by Crippen LogP contribution is 2.11. The van der Waals surface area contributed by atoms with Crippen molar-refractivity contribution >= 4 is 40.0 Å². The molecule has 0 aliphatic rings. The summed E-state index contributed by atoms with van der Waals surface area (Å²) in [6.07, 6.45) is 0.730. The number of benzene rings is 2. The molecule has 0 amide bonds. The Morgan fingerprint density at radius 2 is 1.93 bits per heavy atom. The van der Waals surface area contributed by atoms with Gasteiger partial charge >= 0.3 is 0 Å². The molecule has 0 aliphatic carbocycles. The molecule has 4 N–H and O–H groups in total. The molecule has 0 aliphatic heterocycles. The smallest absolute Gasteiger partial charge is 0.238 e. The standard InChI is InChI=1S/C18H23FN4O2S.HI/c1-13-10-16(19)7-6-15(13)8-9-22-18(21-2)23-12-14-4-3-5-17(11-14)26(20,24)25;/h3-7,10-11H,8-9,12H2,1-2H3,(H2,20,24,25)(H2,21,22,23);1H. The van der Waals surface area contributed by atoms with Crippen molar-refractivity contribution < 1.29 is 12.8 Å². The summed E-state index contributed by atoms with van der Waals surface area (Å²) in [7, 11) is -2.07. The van der Waals surface area contributed by atoms with Gasteiger partial charge in [-0.15, -0.1) is 24.0 Å². The molecule has 0 bridgehead atoms. The molecule has 148 valence electrons. The molecule has 2 rings (SSSR count). The van der Waals surface area contributed by atoms with E-state index < -0.39 is 10.0 Å². The zero-order chi connectivity index (χ0) is 19.2. The molecule has 27 heavy (non-hydrogen) atoms. The van der Waals surface area contributed by atoms with Crippen molar-refractivity contribution in [2.45, 2.75) is 24.8 Å². The van der Waals surface area contributed by atoms with Crippen molar-refractivity contribution in [3.63, 3.8) is 0 Å². The lowest BCUT2D eigenvalue weighted by molar-refractivity contribution is 0.597. The number of nitrogens with two attached hydrogens (primary N) is 1. The maximum atomic E-state index is 13.1. The van der Waals surface area contributed by atoms with Gasteiger partial charge in [0.05, 0.1) is 4.90 Å². The van der Waals surface area contributed by atoms with Crippen LogP contribution in [0.1, 0.15) is 16.7 Å². The molecule has 2 aromatic rings. The van der Waals surface area contributed by atoms with Crippen molar-refractivity contribution in [3.05, 3.63) is 65.0 Å². The summed E-state index contributed by atoms with van der Waals surface area (Å²) in [4.78, 5) is 4.21. The lowest BCUT2D eigenvalue weighted by atomic mass is 10.1. The van der Waals surface area contributed by atoms with Gasteiger partial charge in [0.25, 0.3) is 0 Å². The molecule has 0 saturated heterocycles. The number of aliphatic imine (C=N–C) groups is 1. The number of nitrogens with zero attached hydrogens (tertiary/aromatic N) is 1. The minimum Gasteiger partial charge on any atom is -0.356 e. The Morgan fingerprint density at radius 1 is 1.19 bits per heavy atom. The Bertz CT molecular complexity index is 904. The van der Waals surface area contributed by atoms with E-state index in [1.54, 1.807) is 25.2 Å². The van der Waals surface area contributed by atoms with E-state index in [1.807, 2.05) is 6.92 Å². The molecule has 0 unspecified atom stereocenters. The second-order valence-electron chi connectivity index (χ2n) is 5.87. The van der Waals surface area contributed by atoms with E-state index in [-0.39, 0.29) is 34.7 Å². The number of rotatable bonds is 6. The second kappa shape index (κ2) is 10.6. The number of hydrogen-bond donors (Lipinski definition) is 3. The topological polar surface area (TPSA) is 96.6 Å². The molecule has 6 nitrogen and oxygen atoms in total. The Balaban J connectivity index is 0.00000364. The lowest BCUT2D eigenvalue weighted by Crippen LogP contribution is -2.37. The number of aryl methyl sites for hydroxylation is 1. The van der Waals surface area contributed by atoms with Crippen molar-refractivity contribution in [2.75, 3.05) is 13.6 Å². The molecule has 0 spiro atoms. The number of guanidine groups is 1. The highest BCUT2D eigenvalue weighted by molar-refractivity contribution is 14.0. The van der Waals surface area contributed by atoms with Crippen LogP contribution in [0, 0.1) is 12.7 Å². The zero-order valence-corrected chi connectivity index (χ0v) is 18.3. The predicted octanol–water partition coefficient (Wildman–Crippen LogP) is 2.31. The number of nitrogens with one attached hydrogen (secondary N) is 2. The molecular weight excluding hydrogens is 482 g/mol. The molecule has 0 aromatic heterocycles. The van der Waals surface area contributed by atoms with E-state index in [1.165, 1.54) is 24.3 Å². The minimum absolute atomic E-state index is 0. The van der Waals surface area contributed by atoms with Gasteiger partial charge in [-0.2, -0.15) is 0 Å². The van der Waals surface area contributed by atoms with Gasteiger partial charge in [-0.3, -0.25) is 4.99 Å². The third-order valence-corrected chi connectivity index (χ3v) is 4.81. The molecule has 0 heterocycles. The summed E-state index contributed by atoms with van der Waals surface area (Å²) in [6.45, 7) is 2.91. The van der Waals surface area contributed by atoms with E-state index in [0.717, 1.165) is 23.1 Å². The van der Waals surface area contributed by atoms with Gasteiger partial charge in [-0.1, -0.05) is 18.2 Å². The van der Waals surface area contributed by atoms with Crippen LogP contribution in [0.5, 0.6) is 0 Å². The fraction of sp³-hybridized carbons (Fsp3) is 0.278. The van der Waals surface area contributed by atoms with Crippen LogP contribution in [0.15, 0.2) is 52.4 Å². The van der Waals surface area contributed by atoms with Crippen LogP contribution in [0.3, 0.4) is 0 Å². The van der Waals surface area contributed by atoms with Crippen LogP contribution in [0.2, 0.25) is 0 Å². The third-order valence-electron chi connectivity index (χ3n) is 3.90. The second-order valence-corrected chi connectivity index (χ2v) is 7.43. The van der Waals surface area contributed by atoms with Gasteiger partial charge in [0, 0.05) is 20.1 Å². The van der Waals surface area contributed by atoms with Crippen LogP contribution in [-0.4, -0.2) is 28.0 Å². The molecular formula is C18H24FIN4O2S. The van der Waals surface area contributed by atoms with Crippen molar-refractivity contribution in [2.24, 2.45) is 10.1 Å². The first kappa shape index (κ1) is 23.3. The average Bonchev–Trinajstić information content (AvgIpc) is 2.59. The molecule has 2 aromatic carbocycles. The monoisotopic (exact) mass is 506 g/mol. The van der Waals surface area contributed by atoms with E-state index in [9.17, 15) is 12.8 Å². The Hall–Kier alpha value is -1.72. The van der Waals surface area contributed by atoms with Crippen LogP contribution >= 0.6 is 24.0 Å². The summed E-state index contributed by atoms with van der Waals surface area (Å²) in [5, 5.41) is 11.4. The number of primary sulfonamides is 1. The van der Waals surface area contributed by atoms with Crippen LogP contribution in [0.25, 0.3) is 0 Å². The summed E-state index contributed by atoms with van der Waals surface area (Å²) in [5.41, 5.74) is 2.75. The Kier molecular flexibility index (Phi) is 9.13. The fourth-order valence-corrected chi connectivity index (χ4v) is 3.08. The van der Waals surface area contributed by atoms with E-state index in [0.29, 0.717) is 19.0 Å². The lowest BCUT2D eigenvalue weighted by Gasteiger charge is -2.13. The van der Waals surface area contributed by atoms with E-state index >= 15 is 0 Å². The van der Waals surface area contributed by atoms with Gasteiger partial charge in [0.15, 0.2) is 5.96 Å². The molecule has 0 radical (unpaired) electrons. The Labute approximate surface area is 176 Å². The SMILES string of the molecule is CN=C(NCCc1ccc(F)cc1C)NCc1cccc(S(N)(=O)=O)c1.I. The molecule has 0 fully saturated rings. The third kappa shape index (κ3) is 7.43. The van der Waals surface area contributed by atoms with Crippen LogP contribution in [0.4, 0.5) is 4.39 Å². The van der Waals surface area contributed by atoms with Crippen molar-refractivity contribution in [1.82, 2.24) is 10.6 Å². The van der Waals surface area contributed by atoms with E-state index in [2.05, 4.69) is 15.6 Å². The summed E-state index contributed by atoms with van der Waals surface area (Å²) in [6, 6.07) is 11.2. The van der Waals surface area contributed by atoms with E-state index in [4.69, 9.17) is 5.14 Å². The number of halogens is 2. The highest BCUT2D eigenvalue weighted by atomic mass is 127. The van der Waals surface area contributed by atoms with Crippen molar-refractivity contribution in [1.29, 1.82) is 0 Å². The minimum atomic E-state index is -3.72. The maximum Gasteiger partial charge on any atom is 0.238 e. The van der Waals surface area contributed by atoms with Gasteiger partial charge in [0.2, 0.25) is 10.0 Å². The largest absolute Gasteiger partial charge is 0.356 e. The highest BCUT2D eigenvalue weighted by Gasteiger charge is 2.08. The molecule has 9 heteroatoms. The van der Waals surface area contributed by atoms with Gasteiger partial charge in [-0.25, -0.2) is 17.9 Å². The van der Waals surface area contributed by atoms with Gasteiger partial charge in [0.1, 0.15) is 5.82 Å². The van der Waals surface area contributed by atoms with Gasteiger partial charge in [-0.05, 0) is 54.3 Å². The first-order valence-electron chi connectivity index (χ1n) is 8.11.